The minimum atomic E-state index is -0.180. The molecule has 32 heavy (non-hydrogen) atoms. The molecule has 0 radical (unpaired) electrons. The molecule has 0 saturated heterocycles. The highest BCUT2D eigenvalue weighted by Crippen LogP contribution is 2.75. The first-order chi connectivity index (χ1) is 14.6. The summed E-state index contributed by atoms with van der Waals surface area (Å²) >= 11 is 0. The lowest BCUT2D eigenvalue weighted by Gasteiger charge is -2.71. The molecule has 0 aliphatic heterocycles. The Hall–Kier alpha value is -0.340. The third-order valence-electron chi connectivity index (χ3n) is 13.1. The Labute approximate surface area is 197 Å². The predicted octanol–water partition coefficient (Wildman–Crippen LogP) is 7.14. The average Bonchev–Trinajstić information content (AvgIpc) is 2.67. The summed E-state index contributed by atoms with van der Waals surface area (Å²) in [5, 5.41) is 22.2. The van der Waals surface area contributed by atoms with Crippen molar-refractivity contribution in [3.05, 3.63) is 11.6 Å². The number of hydrogen-bond acceptors (Lipinski definition) is 2. The van der Waals surface area contributed by atoms with Crippen LogP contribution in [0.5, 0.6) is 0 Å². The smallest absolute Gasteiger partial charge is 0.0604 e. The van der Waals surface area contributed by atoms with E-state index in [-0.39, 0.29) is 33.9 Å². The molecule has 2 heteroatoms. The Morgan fingerprint density at radius 1 is 0.719 bits per heavy atom. The van der Waals surface area contributed by atoms with Crippen molar-refractivity contribution >= 4 is 0 Å². The van der Waals surface area contributed by atoms with Crippen molar-refractivity contribution in [3.63, 3.8) is 0 Å². The first-order valence-electron chi connectivity index (χ1n) is 13.7. The van der Waals surface area contributed by atoms with Crippen molar-refractivity contribution in [1.29, 1.82) is 0 Å². The summed E-state index contributed by atoms with van der Waals surface area (Å²) in [6.07, 6.45) is 12.8. The van der Waals surface area contributed by atoms with Crippen molar-refractivity contribution in [2.24, 2.45) is 50.2 Å². The predicted molar refractivity (Wildman–Crippen MR) is 132 cm³/mol. The molecule has 5 rings (SSSR count). The maximum atomic E-state index is 11.3. The van der Waals surface area contributed by atoms with Crippen LogP contribution in [0.15, 0.2) is 11.6 Å². The minimum absolute atomic E-state index is 0.0157. The minimum Gasteiger partial charge on any atom is -0.393 e. The second-order valence-electron chi connectivity index (χ2n) is 15.3. The van der Waals surface area contributed by atoms with Gasteiger partial charge in [-0.1, -0.05) is 67.0 Å². The first kappa shape index (κ1) is 23.4. The van der Waals surface area contributed by atoms with Crippen molar-refractivity contribution < 1.29 is 10.2 Å². The van der Waals surface area contributed by atoms with Crippen molar-refractivity contribution in [1.82, 2.24) is 0 Å². The van der Waals surface area contributed by atoms with Gasteiger partial charge >= 0.3 is 0 Å². The molecule has 0 aromatic carbocycles. The standard InChI is InChI=1S/C30H50O2/c1-25(2)17-20-19-9-10-22-28(6)13-12-23(31)26(3,4)21(28)11-14-30(22,8)29(19,7)16-15-27(20,5)24(32)18-25/h9,20-24,31-32H,10-18H2,1-8H3/t20-,21-,22+,23-,24+,27+,28+,29+,30-/m1/s1. The lowest BCUT2D eigenvalue weighted by molar-refractivity contribution is -0.207. The molecule has 5 aliphatic carbocycles. The monoisotopic (exact) mass is 442 g/mol. The van der Waals surface area contributed by atoms with Crippen LogP contribution >= 0.6 is 0 Å². The summed E-state index contributed by atoms with van der Waals surface area (Å²) in [6, 6.07) is 0. The van der Waals surface area contributed by atoms with Crippen LogP contribution in [0, 0.1) is 50.2 Å². The Morgan fingerprint density at radius 3 is 2.09 bits per heavy atom. The molecule has 4 saturated carbocycles. The zero-order valence-electron chi connectivity index (χ0n) is 22.2. The number of rotatable bonds is 0. The number of fused-ring (bicyclic) bond motifs is 7. The van der Waals surface area contributed by atoms with Crippen LogP contribution < -0.4 is 0 Å². The molecule has 0 amide bonds. The van der Waals surface area contributed by atoms with Crippen LogP contribution in [0.4, 0.5) is 0 Å². The molecule has 182 valence electrons. The quantitative estimate of drug-likeness (QED) is 0.391. The average molecular weight is 443 g/mol. The van der Waals surface area contributed by atoms with Gasteiger partial charge in [-0.15, -0.1) is 0 Å². The van der Waals surface area contributed by atoms with Crippen LogP contribution in [0.1, 0.15) is 113 Å². The van der Waals surface area contributed by atoms with Crippen LogP contribution in [0.2, 0.25) is 0 Å². The molecule has 0 heterocycles. The third kappa shape index (κ3) is 2.72. The van der Waals surface area contributed by atoms with Gasteiger partial charge in [0, 0.05) is 5.41 Å². The van der Waals surface area contributed by atoms with Gasteiger partial charge in [0.15, 0.2) is 0 Å². The first-order valence-corrected chi connectivity index (χ1v) is 13.7. The summed E-state index contributed by atoms with van der Waals surface area (Å²) in [5.41, 5.74) is 2.86. The van der Waals surface area contributed by atoms with Crippen LogP contribution in [0.25, 0.3) is 0 Å². The summed E-state index contributed by atoms with van der Waals surface area (Å²) in [6.45, 7) is 19.7. The zero-order valence-corrected chi connectivity index (χ0v) is 22.2. The maximum absolute atomic E-state index is 11.3. The Balaban J connectivity index is 1.58. The fourth-order valence-electron chi connectivity index (χ4n) is 10.7. The highest BCUT2D eigenvalue weighted by atomic mass is 16.3. The second-order valence-corrected chi connectivity index (χ2v) is 15.3. The number of hydrogen-bond donors (Lipinski definition) is 2. The third-order valence-corrected chi connectivity index (χ3v) is 13.1. The van der Waals surface area contributed by atoms with E-state index in [1.54, 1.807) is 5.57 Å². The molecule has 2 N–H and O–H groups in total. The van der Waals surface area contributed by atoms with E-state index in [9.17, 15) is 10.2 Å². The largest absolute Gasteiger partial charge is 0.393 e. The maximum Gasteiger partial charge on any atom is 0.0604 e. The van der Waals surface area contributed by atoms with E-state index < -0.39 is 0 Å². The molecule has 0 aromatic rings. The molecule has 0 unspecified atom stereocenters. The van der Waals surface area contributed by atoms with Crippen LogP contribution in [-0.2, 0) is 0 Å². The Kier molecular flexibility index (Phi) is 4.87. The summed E-state index contributed by atoms with van der Waals surface area (Å²) < 4.78 is 0. The second kappa shape index (κ2) is 6.66. The van der Waals surface area contributed by atoms with Gasteiger partial charge in [0.2, 0.25) is 0 Å². The number of aliphatic hydroxyl groups excluding tert-OH is 2. The molecule has 9 atom stereocenters. The molecule has 0 aromatic heterocycles. The van der Waals surface area contributed by atoms with Gasteiger partial charge in [0.05, 0.1) is 12.2 Å². The van der Waals surface area contributed by atoms with Gasteiger partial charge in [0.25, 0.3) is 0 Å². The SMILES string of the molecule is CC1(C)C[C@@H]2C3=CC[C@H]4[C@@]5(C)CC[C@@H](O)C(C)(C)[C@H]5CC[C@@]4(C)[C@@]3(C)CC[C@]2(C)[C@@H](O)C1. The Bertz CT molecular complexity index is 825. The highest BCUT2D eigenvalue weighted by Gasteiger charge is 2.68. The van der Waals surface area contributed by atoms with E-state index in [4.69, 9.17) is 0 Å². The molecule has 5 aliphatic rings. The molecular weight excluding hydrogens is 392 g/mol. The summed E-state index contributed by atoms with van der Waals surface area (Å²) in [5.74, 6) is 1.83. The van der Waals surface area contributed by atoms with Crippen molar-refractivity contribution in [3.8, 4) is 0 Å². The number of aliphatic hydroxyl groups is 2. The van der Waals surface area contributed by atoms with Gasteiger partial charge in [0.1, 0.15) is 0 Å². The Morgan fingerprint density at radius 2 is 1.41 bits per heavy atom. The summed E-state index contributed by atoms with van der Waals surface area (Å²) in [7, 11) is 0. The van der Waals surface area contributed by atoms with Gasteiger partial charge in [-0.2, -0.15) is 0 Å². The molecular formula is C30H50O2. The van der Waals surface area contributed by atoms with E-state index >= 15 is 0 Å². The van der Waals surface area contributed by atoms with E-state index in [1.807, 2.05) is 0 Å². The van der Waals surface area contributed by atoms with Gasteiger partial charge < -0.3 is 10.2 Å². The van der Waals surface area contributed by atoms with Gasteiger partial charge in [-0.3, -0.25) is 0 Å². The highest BCUT2D eigenvalue weighted by molar-refractivity contribution is 5.34. The normalized spacial score (nSPS) is 56.2. The van der Waals surface area contributed by atoms with Crippen LogP contribution in [0.3, 0.4) is 0 Å². The van der Waals surface area contributed by atoms with Crippen molar-refractivity contribution in [2.75, 3.05) is 0 Å². The van der Waals surface area contributed by atoms with E-state index in [1.165, 1.54) is 38.5 Å². The van der Waals surface area contributed by atoms with Gasteiger partial charge in [-0.25, -0.2) is 0 Å². The van der Waals surface area contributed by atoms with E-state index in [0.717, 1.165) is 19.3 Å². The summed E-state index contributed by atoms with van der Waals surface area (Å²) in [4.78, 5) is 0. The number of allylic oxidation sites excluding steroid dienone is 2. The lowest BCUT2D eigenvalue weighted by Crippen LogP contribution is -2.65. The van der Waals surface area contributed by atoms with Crippen molar-refractivity contribution in [2.45, 2.75) is 125 Å². The lowest BCUT2D eigenvalue weighted by atomic mass is 9.33. The van der Waals surface area contributed by atoms with Gasteiger partial charge in [-0.05, 0) is 103 Å². The molecule has 2 nitrogen and oxygen atoms in total. The molecule has 0 bridgehead atoms. The van der Waals surface area contributed by atoms with Crippen LogP contribution in [-0.4, -0.2) is 22.4 Å². The molecule has 0 spiro atoms. The zero-order chi connectivity index (χ0) is 23.5. The van der Waals surface area contributed by atoms with E-state index in [2.05, 4.69) is 61.5 Å². The fraction of sp³-hybridized carbons (Fsp3) is 0.933. The molecule has 4 fully saturated rings. The fourth-order valence-corrected chi connectivity index (χ4v) is 10.7. The van der Waals surface area contributed by atoms with E-state index in [0.29, 0.717) is 28.6 Å². The topological polar surface area (TPSA) is 40.5 Å².